The predicted octanol–water partition coefficient (Wildman–Crippen LogP) is 2.33. The maximum atomic E-state index is 13.7. The van der Waals surface area contributed by atoms with E-state index in [9.17, 15) is 9.18 Å². The van der Waals surface area contributed by atoms with Crippen LogP contribution in [0.3, 0.4) is 0 Å². The van der Waals surface area contributed by atoms with Gasteiger partial charge >= 0.3 is 0 Å². The van der Waals surface area contributed by atoms with Crippen molar-refractivity contribution in [3.8, 4) is 0 Å². The third-order valence-corrected chi connectivity index (χ3v) is 3.50. The molecule has 1 amide bonds. The van der Waals surface area contributed by atoms with E-state index in [2.05, 4.69) is 10.6 Å². The van der Waals surface area contributed by atoms with E-state index < -0.39 is 5.82 Å². The average molecular weight is 281 g/mol. The number of nitrogens with zero attached hydrogens (tertiary/aromatic N) is 1. The Morgan fingerprint density at radius 1 is 1.35 bits per heavy atom. The second-order valence-electron chi connectivity index (χ2n) is 5.58. The lowest BCUT2D eigenvalue weighted by Crippen LogP contribution is -2.48. The molecule has 0 saturated carbocycles. The molecular weight excluding hydrogens is 257 g/mol. The van der Waals surface area contributed by atoms with Gasteiger partial charge in [0.1, 0.15) is 5.82 Å². The van der Waals surface area contributed by atoms with Crippen LogP contribution in [0.5, 0.6) is 0 Å². The van der Waals surface area contributed by atoms with Gasteiger partial charge in [0, 0.05) is 18.6 Å². The third-order valence-electron chi connectivity index (χ3n) is 3.50. The number of likely N-dealkylation sites (N-methyl/N-ethyl adjacent to an activating group) is 1. The molecule has 0 spiro atoms. The maximum absolute atomic E-state index is 13.7. The molecule has 0 saturated heterocycles. The summed E-state index contributed by atoms with van der Waals surface area (Å²) in [6, 6.07) is 4.51. The lowest BCUT2D eigenvalue weighted by Gasteiger charge is -2.32. The van der Waals surface area contributed by atoms with Gasteiger partial charge in [-0.15, -0.1) is 0 Å². The van der Waals surface area contributed by atoms with E-state index in [0.29, 0.717) is 18.7 Å². The Morgan fingerprint density at radius 2 is 2.00 bits per heavy atom. The van der Waals surface area contributed by atoms with Crippen molar-refractivity contribution in [3.05, 3.63) is 29.6 Å². The number of halogens is 1. The van der Waals surface area contributed by atoms with Gasteiger partial charge in [0.05, 0.1) is 11.3 Å². The molecule has 0 aromatic heterocycles. The molecule has 0 aliphatic heterocycles. The topological polar surface area (TPSA) is 44.4 Å². The van der Waals surface area contributed by atoms with Gasteiger partial charge in [-0.25, -0.2) is 4.39 Å². The molecular formula is C15H24FN3O. The van der Waals surface area contributed by atoms with Crippen molar-refractivity contribution in [1.82, 2.24) is 10.2 Å². The number of carbonyl (C=O) groups is 1. The Morgan fingerprint density at radius 3 is 2.55 bits per heavy atom. The Hall–Kier alpha value is -1.62. The van der Waals surface area contributed by atoms with Crippen molar-refractivity contribution in [2.45, 2.75) is 26.3 Å². The molecule has 112 valence electrons. The first-order valence-electron chi connectivity index (χ1n) is 6.77. The fourth-order valence-corrected chi connectivity index (χ4v) is 1.62. The molecule has 0 atom stereocenters. The normalized spacial score (nSPS) is 11.6. The maximum Gasteiger partial charge on any atom is 0.253 e. The predicted molar refractivity (Wildman–Crippen MR) is 80.7 cm³/mol. The Kier molecular flexibility index (Phi) is 5.51. The molecule has 0 aliphatic rings. The molecule has 1 aromatic carbocycles. The summed E-state index contributed by atoms with van der Waals surface area (Å²) in [5, 5.41) is 5.76. The highest BCUT2D eigenvalue weighted by molar-refractivity contribution is 5.99. The molecule has 0 fully saturated rings. The van der Waals surface area contributed by atoms with Crippen LogP contribution in [0.25, 0.3) is 0 Å². The highest BCUT2D eigenvalue weighted by Crippen LogP contribution is 2.20. The number of rotatable bonds is 6. The van der Waals surface area contributed by atoms with E-state index in [1.165, 1.54) is 6.07 Å². The van der Waals surface area contributed by atoms with Crippen LogP contribution in [-0.2, 0) is 0 Å². The fourth-order valence-electron chi connectivity index (χ4n) is 1.62. The molecule has 0 radical (unpaired) electrons. The molecule has 20 heavy (non-hydrogen) atoms. The highest BCUT2D eigenvalue weighted by Gasteiger charge is 2.22. The summed E-state index contributed by atoms with van der Waals surface area (Å²) in [6.07, 6.45) is 0. The Bertz CT molecular complexity index is 472. The van der Waals surface area contributed by atoms with Gasteiger partial charge in [-0.3, -0.25) is 4.79 Å². The van der Waals surface area contributed by atoms with Crippen LogP contribution in [0.1, 0.15) is 31.1 Å². The molecule has 4 nitrogen and oxygen atoms in total. The van der Waals surface area contributed by atoms with Crippen LogP contribution in [-0.4, -0.2) is 43.5 Å². The van der Waals surface area contributed by atoms with Crippen LogP contribution >= 0.6 is 0 Å². The zero-order valence-electron chi connectivity index (χ0n) is 12.9. The minimum Gasteiger partial charge on any atom is -0.382 e. The SMILES string of the molecule is CCNc1c(F)cccc1C(=O)NCC(C)(C)N(C)C. The first-order chi connectivity index (χ1) is 9.29. The number of carbonyl (C=O) groups excluding carboxylic acids is 1. The van der Waals surface area contributed by atoms with E-state index >= 15 is 0 Å². The van der Waals surface area contributed by atoms with Crippen molar-refractivity contribution in [3.63, 3.8) is 0 Å². The summed E-state index contributed by atoms with van der Waals surface area (Å²) < 4.78 is 13.7. The first kappa shape index (κ1) is 16.4. The summed E-state index contributed by atoms with van der Waals surface area (Å²) in [5.41, 5.74) is 0.429. The Balaban J connectivity index is 2.85. The fraction of sp³-hybridized carbons (Fsp3) is 0.533. The summed E-state index contributed by atoms with van der Waals surface area (Å²) in [7, 11) is 3.91. The lowest BCUT2D eigenvalue weighted by atomic mass is 10.0. The molecule has 0 bridgehead atoms. The van der Waals surface area contributed by atoms with Crippen molar-refractivity contribution >= 4 is 11.6 Å². The molecule has 0 heterocycles. The largest absolute Gasteiger partial charge is 0.382 e. The monoisotopic (exact) mass is 281 g/mol. The summed E-state index contributed by atoms with van der Waals surface area (Å²) in [4.78, 5) is 14.3. The number of para-hydroxylation sites is 1. The van der Waals surface area contributed by atoms with Gasteiger partial charge < -0.3 is 15.5 Å². The van der Waals surface area contributed by atoms with Gasteiger partial charge in [0.2, 0.25) is 0 Å². The minimum absolute atomic E-state index is 0.165. The molecule has 0 aliphatic carbocycles. The third kappa shape index (κ3) is 3.93. The summed E-state index contributed by atoms with van der Waals surface area (Å²) >= 11 is 0. The van der Waals surface area contributed by atoms with Crippen molar-refractivity contribution in [2.75, 3.05) is 32.5 Å². The zero-order chi connectivity index (χ0) is 15.3. The number of nitrogens with one attached hydrogen (secondary N) is 2. The summed E-state index contributed by atoms with van der Waals surface area (Å²) in [5.74, 6) is -0.679. The average Bonchev–Trinajstić information content (AvgIpc) is 2.38. The van der Waals surface area contributed by atoms with Gasteiger partial charge in [-0.2, -0.15) is 0 Å². The van der Waals surface area contributed by atoms with E-state index in [-0.39, 0.29) is 17.1 Å². The smallest absolute Gasteiger partial charge is 0.253 e. The number of benzene rings is 1. The van der Waals surface area contributed by atoms with Gasteiger partial charge in [0.25, 0.3) is 5.91 Å². The highest BCUT2D eigenvalue weighted by atomic mass is 19.1. The van der Waals surface area contributed by atoms with E-state index in [0.717, 1.165) is 0 Å². The quantitative estimate of drug-likeness (QED) is 0.841. The second kappa shape index (κ2) is 6.70. The second-order valence-corrected chi connectivity index (χ2v) is 5.58. The first-order valence-corrected chi connectivity index (χ1v) is 6.77. The summed E-state index contributed by atoms with van der Waals surface area (Å²) in [6.45, 7) is 6.97. The number of hydrogen-bond acceptors (Lipinski definition) is 3. The zero-order valence-corrected chi connectivity index (χ0v) is 12.9. The number of hydrogen-bond donors (Lipinski definition) is 2. The van der Waals surface area contributed by atoms with Crippen molar-refractivity contribution in [2.24, 2.45) is 0 Å². The molecule has 5 heteroatoms. The van der Waals surface area contributed by atoms with Gasteiger partial charge in [-0.1, -0.05) is 6.07 Å². The minimum atomic E-state index is -0.411. The number of anilines is 1. The van der Waals surface area contributed by atoms with Crippen LogP contribution in [0, 0.1) is 5.82 Å². The van der Waals surface area contributed by atoms with Crippen LogP contribution in [0.4, 0.5) is 10.1 Å². The van der Waals surface area contributed by atoms with Crippen LogP contribution < -0.4 is 10.6 Å². The lowest BCUT2D eigenvalue weighted by molar-refractivity contribution is 0.0920. The molecule has 0 unspecified atom stereocenters. The molecule has 2 N–H and O–H groups in total. The van der Waals surface area contributed by atoms with Gasteiger partial charge in [0.15, 0.2) is 0 Å². The molecule has 1 aromatic rings. The van der Waals surface area contributed by atoms with Crippen LogP contribution in [0.2, 0.25) is 0 Å². The van der Waals surface area contributed by atoms with Crippen molar-refractivity contribution in [1.29, 1.82) is 0 Å². The Labute approximate surface area is 120 Å². The number of amides is 1. The standard InChI is InChI=1S/C15H24FN3O/c1-6-17-13-11(8-7-9-12(13)16)14(20)18-10-15(2,3)19(4)5/h7-9,17H,6,10H2,1-5H3,(H,18,20). The van der Waals surface area contributed by atoms with E-state index in [4.69, 9.17) is 0 Å². The van der Waals surface area contributed by atoms with Gasteiger partial charge in [-0.05, 0) is 47.0 Å². The molecule has 1 rings (SSSR count). The van der Waals surface area contributed by atoms with Crippen molar-refractivity contribution < 1.29 is 9.18 Å². The van der Waals surface area contributed by atoms with E-state index in [1.807, 2.05) is 39.8 Å². The van der Waals surface area contributed by atoms with E-state index in [1.54, 1.807) is 12.1 Å². The van der Waals surface area contributed by atoms with Crippen LogP contribution in [0.15, 0.2) is 18.2 Å².